The number of hydrogen-bond acceptors (Lipinski definition) is 7. The van der Waals surface area contributed by atoms with Crippen molar-refractivity contribution >= 4 is 47.1 Å². The van der Waals surface area contributed by atoms with Crippen molar-refractivity contribution in [2.24, 2.45) is 5.73 Å². The van der Waals surface area contributed by atoms with Crippen LogP contribution in [0, 0.1) is 0 Å². The number of methoxy groups -OCH3 is 1. The molecule has 1 rings (SSSR count). The van der Waals surface area contributed by atoms with Gasteiger partial charge in [-0.15, -0.1) is 11.8 Å². The predicted octanol–water partition coefficient (Wildman–Crippen LogP) is 4.18. The van der Waals surface area contributed by atoms with Gasteiger partial charge in [0, 0.05) is 16.3 Å². The summed E-state index contributed by atoms with van der Waals surface area (Å²) in [6.07, 6.45) is -0.696. The minimum Gasteiger partial charge on any atom is -0.481 e. The number of benzene rings is 1. The first-order valence-electron chi connectivity index (χ1n) is 8.37. The average molecular weight is 437 g/mol. The maximum absolute atomic E-state index is 11.4. The first-order chi connectivity index (χ1) is 12.9. The van der Waals surface area contributed by atoms with Gasteiger partial charge in [-0.05, 0) is 32.9 Å². The molecule has 0 saturated heterocycles. The van der Waals surface area contributed by atoms with Crippen LogP contribution in [0.2, 0.25) is 5.02 Å². The number of ether oxygens (including phenoxy) is 2. The summed E-state index contributed by atoms with van der Waals surface area (Å²) in [4.78, 5) is 32.4. The SMILES string of the molecule is CC.CC(C)(C)OC(N)=O.COC(=O)c1cc(N)c(SCCC(=O)O)cc1Cl. The minimum absolute atomic E-state index is 0.0283. The second kappa shape index (κ2) is 14.0. The van der Waals surface area contributed by atoms with Gasteiger partial charge in [-0.1, -0.05) is 25.4 Å². The van der Waals surface area contributed by atoms with Crippen molar-refractivity contribution in [1.82, 2.24) is 0 Å². The standard InChI is InChI=1S/C11H12ClNO4S.C5H11NO2.C2H6/c1-17-11(16)6-4-8(13)9(5-7(6)12)18-3-2-10(14)15;1-5(2,3)8-4(6)7;1-2/h4-5H,2-3,13H2,1H3,(H,14,15);1-3H3,(H2,6,7);1-2H3. The van der Waals surface area contributed by atoms with Gasteiger partial charge in [-0.25, -0.2) is 9.59 Å². The van der Waals surface area contributed by atoms with Crippen LogP contribution in [0.4, 0.5) is 10.5 Å². The smallest absolute Gasteiger partial charge is 0.405 e. The summed E-state index contributed by atoms with van der Waals surface area (Å²) >= 11 is 7.21. The first-order valence-corrected chi connectivity index (χ1v) is 9.74. The number of nitrogens with two attached hydrogens (primary N) is 2. The number of anilines is 1. The molecule has 0 aliphatic carbocycles. The summed E-state index contributed by atoms with van der Waals surface area (Å²) in [6, 6.07) is 2.97. The molecule has 28 heavy (non-hydrogen) atoms. The van der Waals surface area contributed by atoms with Crippen molar-refractivity contribution in [3.8, 4) is 0 Å². The lowest BCUT2D eigenvalue weighted by Gasteiger charge is -2.16. The Balaban J connectivity index is 0. The highest BCUT2D eigenvalue weighted by atomic mass is 35.5. The Morgan fingerprint density at radius 3 is 2.11 bits per heavy atom. The van der Waals surface area contributed by atoms with Crippen molar-refractivity contribution in [3.63, 3.8) is 0 Å². The summed E-state index contributed by atoms with van der Waals surface area (Å²) in [5, 5.41) is 8.76. The molecule has 0 fully saturated rings. The monoisotopic (exact) mass is 436 g/mol. The number of carbonyl (C=O) groups is 3. The Bertz CT molecular complexity index is 662. The highest BCUT2D eigenvalue weighted by molar-refractivity contribution is 7.99. The van der Waals surface area contributed by atoms with Gasteiger partial charge < -0.3 is 26.0 Å². The average Bonchev–Trinajstić information content (AvgIpc) is 2.56. The highest BCUT2D eigenvalue weighted by Gasteiger charge is 2.14. The van der Waals surface area contributed by atoms with Crippen molar-refractivity contribution < 1.29 is 29.0 Å². The summed E-state index contributed by atoms with van der Waals surface area (Å²) in [7, 11) is 1.25. The van der Waals surface area contributed by atoms with Crippen LogP contribution >= 0.6 is 23.4 Å². The van der Waals surface area contributed by atoms with E-state index in [2.05, 4.69) is 9.47 Å². The molecule has 0 bridgehead atoms. The third kappa shape index (κ3) is 13.1. The van der Waals surface area contributed by atoms with E-state index in [1.165, 1.54) is 31.0 Å². The summed E-state index contributed by atoms with van der Waals surface area (Å²) in [5.74, 6) is -1.06. The third-order valence-electron chi connectivity index (χ3n) is 2.49. The highest BCUT2D eigenvalue weighted by Crippen LogP contribution is 2.31. The van der Waals surface area contributed by atoms with E-state index < -0.39 is 23.6 Å². The number of aliphatic carboxylic acids is 1. The lowest BCUT2D eigenvalue weighted by molar-refractivity contribution is -0.136. The van der Waals surface area contributed by atoms with Crippen LogP contribution in [0.3, 0.4) is 0 Å². The van der Waals surface area contributed by atoms with Crippen molar-refractivity contribution in [1.29, 1.82) is 0 Å². The number of hydrogen-bond donors (Lipinski definition) is 3. The molecular weight excluding hydrogens is 408 g/mol. The molecule has 0 radical (unpaired) electrons. The maximum Gasteiger partial charge on any atom is 0.405 e. The van der Waals surface area contributed by atoms with Crippen LogP contribution < -0.4 is 11.5 Å². The zero-order valence-electron chi connectivity index (χ0n) is 17.0. The number of carbonyl (C=O) groups excluding carboxylic acids is 2. The molecule has 0 saturated carbocycles. The van der Waals surface area contributed by atoms with Gasteiger partial charge in [0.05, 0.1) is 24.1 Å². The van der Waals surface area contributed by atoms with E-state index >= 15 is 0 Å². The lowest BCUT2D eigenvalue weighted by atomic mass is 10.2. The number of carboxylic acids is 1. The summed E-state index contributed by atoms with van der Waals surface area (Å²) < 4.78 is 9.14. The van der Waals surface area contributed by atoms with Crippen LogP contribution in [0.25, 0.3) is 0 Å². The molecule has 1 aromatic rings. The maximum atomic E-state index is 11.4. The molecule has 1 aromatic carbocycles. The second-order valence-corrected chi connectivity index (χ2v) is 7.43. The number of halogens is 1. The number of amides is 1. The molecule has 0 aliphatic heterocycles. The minimum atomic E-state index is -0.877. The van der Waals surface area contributed by atoms with E-state index in [1.54, 1.807) is 20.8 Å². The van der Waals surface area contributed by atoms with Gasteiger partial charge in [0.2, 0.25) is 0 Å². The van der Waals surface area contributed by atoms with E-state index in [0.717, 1.165) is 0 Å². The fraction of sp³-hybridized carbons (Fsp3) is 0.500. The Hall–Kier alpha value is -2.13. The molecule has 0 unspecified atom stereocenters. The van der Waals surface area contributed by atoms with Gasteiger partial charge in [-0.3, -0.25) is 4.79 Å². The molecule has 8 nitrogen and oxygen atoms in total. The normalized spacial score (nSPS) is 9.82. The van der Waals surface area contributed by atoms with E-state index in [-0.39, 0.29) is 17.0 Å². The summed E-state index contributed by atoms with van der Waals surface area (Å²) in [5.41, 5.74) is 10.6. The number of primary amides is 1. The largest absolute Gasteiger partial charge is 0.481 e. The second-order valence-electron chi connectivity index (χ2n) is 5.89. The first kappa shape index (κ1) is 28.1. The molecule has 0 heterocycles. The number of esters is 1. The predicted molar refractivity (Wildman–Crippen MR) is 112 cm³/mol. The molecule has 0 aromatic heterocycles. The fourth-order valence-electron chi connectivity index (χ4n) is 1.51. The van der Waals surface area contributed by atoms with Gasteiger partial charge in [-0.2, -0.15) is 0 Å². The van der Waals surface area contributed by atoms with Crippen molar-refractivity contribution in [2.75, 3.05) is 18.6 Å². The van der Waals surface area contributed by atoms with Crippen LogP contribution in [0.5, 0.6) is 0 Å². The quantitative estimate of drug-likeness (QED) is 0.354. The van der Waals surface area contributed by atoms with E-state index in [9.17, 15) is 14.4 Å². The molecule has 0 spiro atoms. The van der Waals surface area contributed by atoms with Gasteiger partial charge in [0.25, 0.3) is 0 Å². The zero-order chi connectivity index (χ0) is 22.5. The number of thioether (sulfide) groups is 1. The number of nitrogen functional groups attached to an aromatic ring is 1. The van der Waals surface area contributed by atoms with E-state index in [0.29, 0.717) is 16.3 Å². The lowest BCUT2D eigenvalue weighted by Crippen LogP contribution is -2.27. The molecule has 160 valence electrons. The van der Waals surface area contributed by atoms with Gasteiger partial charge in [0.15, 0.2) is 0 Å². The van der Waals surface area contributed by atoms with Crippen molar-refractivity contribution in [2.45, 2.75) is 51.5 Å². The molecule has 10 heteroatoms. The third-order valence-corrected chi connectivity index (χ3v) is 3.87. The Morgan fingerprint density at radius 1 is 1.21 bits per heavy atom. The van der Waals surface area contributed by atoms with Gasteiger partial charge >= 0.3 is 18.0 Å². The zero-order valence-corrected chi connectivity index (χ0v) is 18.6. The molecule has 1 amide bonds. The van der Waals surface area contributed by atoms with Crippen LogP contribution in [-0.2, 0) is 14.3 Å². The summed E-state index contributed by atoms with van der Waals surface area (Å²) in [6.45, 7) is 9.28. The van der Waals surface area contributed by atoms with Crippen molar-refractivity contribution in [3.05, 3.63) is 22.7 Å². The number of carboxylic acid groups (broad SMARTS) is 1. The molecule has 0 atom stereocenters. The Morgan fingerprint density at radius 2 is 1.75 bits per heavy atom. The Kier molecular flexibility index (Phi) is 14.0. The molecule has 0 aliphatic rings. The van der Waals surface area contributed by atoms with Gasteiger partial charge in [0.1, 0.15) is 5.60 Å². The number of rotatable bonds is 5. The van der Waals surface area contributed by atoms with E-state index in [1.807, 2.05) is 13.8 Å². The topological polar surface area (TPSA) is 142 Å². The van der Waals surface area contributed by atoms with E-state index in [4.69, 9.17) is 28.2 Å². The Labute approximate surface area is 174 Å². The van der Waals surface area contributed by atoms with Crippen LogP contribution in [-0.4, -0.2) is 41.6 Å². The fourth-order valence-corrected chi connectivity index (χ4v) is 2.74. The van der Waals surface area contributed by atoms with Crippen LogP contribution in [0.1, 0.15) is 51.4 Å². The molecule has 5 N–H and O–H groups in total. The molecular formula is C18H29ClN2O6S. The van der Waals surface area contributed by atoms with Crippen LogP contribution in [0.15, 0.2) is 17.0 Å².